The number of aromatic nitrogens is 1. The molecule has 0 aliphatic carbocycles. The normalized spacial score (nSPS) is 13.6. The van der Waals surface area contributed by atoms with Crippen molar-refractivity contribution in [1.82, 2.24) is 4.98 Å². The number of allylic oxidation sites excluding steroid dienone is 1. The standard InChI is InChI=1S/C17H34O.C16H16F2N2OS/c1-8-11-12-17(10-3,14(4)18)13-15(9-2)16(5,6)7;1-2-3-4-5-12-10-20-15(22-12)13-8-11(9-19)6-7-14(13)21-16(17)18/h15,18H,4,8-13H2,1-3,5-7H3;6-8,10,16H,2-5H2,1H3/t15?,17-;/m1./s1. The number of halogens is 2. The summed E-state index contributed by atoms with van der Waals surface area (Å²) in [7, 11) is 0. The molecule has 0 spiro atoms. The highest BCUT2D eigenvalue weighted by Crippen LogP contribution is 2.46. The highest BCUT2D eigenvalue weighted by molar-refractivity contribution is 7.15. The Labute approximate surface area is 245 Å². The molecule has 1 aromatic carbocycles. The van der Waals surface area contributed by atoms with Crippen LogP contribution in [0.3, 0.4) is 0 Å². The quantitative estimate of drug-likeness (QED) is 0.169. The molecule has 1 aromatic heterocycles. The molecule has 4 nitrogen and oxygen atoms in total. The summed E-state index contributed by atoms with van der Waals surface area (Å²) in [5.74, 6) is 1.09. The van der Waals surface area contributed by atoms with E-state index in [0.717, 1.165) is 49.8 Å². The molecule has 40 heavy (non-hydrogen) atoms. The van der Waals surface area contributed by atoms with Crippen LogP contribution in [-0.2, 0) is 6.42 Å². The van der Waals surface area contributed by atoms with Crippen LogP contribution in [0.15, 0.2) is 36.7 Å². The lowest BCUT2D eigenvalue weighted by molar-refractivity contribution is -0.0494. The zero-order valence-corrected chi connectivity index (χ0v) is 26.5. The smallest absolute Gasteiger partial charge is 0.387 e. The molecular formula is C33H50F2N2O2S. The second-order valence-corrected chi connectivity index (χ2v) is 12.8. The van der Waals surface area contributed by atoms with Gasteiger partial charge in [-0.25, -0.2) is 4.98 Å². The van der Waals surface area contributed by atoms with Crippen LogP contribution in [0.4, 0.5) is 8.78 Å². The monoisotopic (exact) mass is 576 g/mol. The fourth-order valence-corrected chi connectivity index (χ4v) is 5.98. The number of thiazole rings is 1. The Morgan fingerprint density at radius 1 is 1.12 bits per heavy atom. The first-order valence-electron chi connectivity index (χ1n) is 14.7. The van der Waals surface area contributed by atoms with Gasteiger partial charge in [0, 0.05) is 16.5 Å². The molecule has 224 valence electrons. The van der Waals surface area contributed by atoms with Crippen molar-refractivity contribution in [2.24, 2.45) is 16.7 Å². The first kappa shape index (κ1) is 35.6. The average molecular weight is 577 g/mol. The number of aliphatic hydroxyl groups is 1. The minimum absolute atomic E-state index is 0.0449. The van der Waals surface area contributed by atoms with Crippen LogP contribution in [0.5, 0.6) is 5.75 Å². The van der Waals surface area contributed by atoms with Crippen molar-refractivity contribution in [1.29, 1.82) is 5.26 Å². The van der Waals surface area contributed by atoms with E-state index in [0.29, 0.717) is 33.2 Å². The summed E-state index contributed by atoms with van der Waals surface area (Å²) in [5, 5.41) is 19.7. The first-order valence-corrected chi connectivity index (χ1v) is 15.5. The number of rotatable bonds is 15. The third-order valence-corrected chi connectivity index (χ3v) is 8.88. The fourth-order valence-electron chi connectivity index (χ4n) is 5.00. The van der Waals surface area contributed by atoms with Gasteiger partial charge in [-0.2, -0.15) is 14.0 Å². The zero-order valence-electron chi connectivity index (χ0n) is 25.7. The molecule has 0 aliphatic rings. The molecule has 2 atom stereocenters. The number of unbranched alkanes of at least 4 members (excludes halogenated alkanes) is 3. The lowest BCUT2D eigenvalue weighted by Gasteiger charge is -2.40. The summed E-state index contributed by atoms with van der Waals surface area (Å²) in [6.07, 6.45) is 12.7. The number of hydrogen-bond donors (Lipinski definition) is 1. The maximum Gasteiger partial charge on any atom is 0.387 e. The first-order chi connectivity index (χ1) is 18.9. The summed E-state index contributed by atoms with van der Waals surface area (Å²) in [6, 6.07) is 6.38. The SMILES string of the molecule is C=C(O)[C@](CC)(CCCC)CC(CC)C(C)(C)C.CCCCCc1cnc(-c2cc(C#N)ccc2OC(F)F)s1. The highest BCUT2D eigenvalue weighted by atomic mass is 32.1. The van der Waals surface area contributed by atoms with Crippen LogP contribution < -0.4 is 4.74 Å². The van der Waals surface area contributed by atoms with Gasteiger partial charge >= 0.3 is 6.61 Å². The van der Waals surface area contributed by atoms with Gasteiger partial charge in [-0.3, -0.25) is 0 Å². The van der Waals surface area contributed by atoms with Crippen LogP contribution >= 0.6 is 11.3 Å². The van der Waals surface area contributed by atoms with Crippen molar-refractivity contribution in [2.45, 2.75) is 119 Å². The van der Waals surface area contributed by atoms with E-state index in [1.807, 2.05) is 6.07 Å². The molecule has 0 saturated carbocycles. The Balaban J connectivity index is 0.000000410. The molecule has 0 radical (unpaired) electrons. The molecular weight excluding hydrogens is 526 g/mol. The van der Waals surface area contributed by atoms with E-state index in [4.69, 9.17) is 5.26 Å². The molecule has 1 N–H and O–H groups in total. The molecule has 0 amide bonds. The summed E-state index contributed by atoms with van der Waals surface area (Å²) in [4.78, 5) is 5.40. The average Bonchev–Trinajstić information content (AvgIpc) is 3.37. The Hall–Kier alpha value is -2.46. The summed E-state index contributed by atoms with van der Waals surface area (Å²) < 4.78 is 29.5. The molecule has 0 saturated heterocycles. The highest BCUT2D eigenvalue weighted by Gasteiger charge is 2.37. The fraction of sp³-hybridized carbons (Fsp3) is 0.636. The largest absolute Gasteiger partial charge is 0.512 e. The number of benzene rings is 1. The van der Waals surface area contributed by atoms with Crippen molar-refractivity contribution < 1.29 is 18.6 Å². The van der Waals surface area contributed by atoms with E-state index in [9.17, 15) is 13.9 Å². The number of nitriles is 1. The van der Waals surface area contributed by atoms with Crippen LogP contribution in [-0.4, -0.2) is 16.7 Å². The van der Waals surface area contributed by atoms with Gasteiger partial charge in [0.2, 0.25) is 0 Å². The zero-order chi connectivity index (χ0) is 30.3. The van der Waals surface area contributed by atoms with Crippen molar-refractivity contribution in [3.8, 4) is 22.4 Å². The predicted molar refractivity (Wildman–Crippen MR) is 164 cm³/mol. The second-order valence-electron chi connectivity index (χ2n) is 11.6. The molecule has 1 unspecified atom stereocenters. The molecule has 0 bridgehead atoms. The van der Waals surface area contributed by atoms with Crippen molar-refractivity contribution in [3.63, 3.8) is 0 Å². The van der Waals surface area contributed by atoms with Gasteiger partial charge in [0.05, 0.1) is 23.0 Å². The van der Waals surface area contributed by atoms with Gasteiger partial charge in [-0.05, 0) is 61.6 Å². The number of aliphatic hydroxyl groups excluding tert-OH is 1. The Kier molecular flexibility index (Phi) is 15.4. The van der Waals surface area contributed by atoms with Crippen LogP contribution in [0.25, 0.3) is 10.6 Å². The van der Waals surface area contributed by atoms with E-state index in [1.54, 1.807) is 6.20 Å². The molecule has 1 heterocycles. The maximum atomic E-state index is 12.5. The number of nitrogens with zero attached hydrogens (tertiary/aromatic N) is 2. The number of ether oxygens (including phenoxy) is 1. The Bertz CT molecular complexity index is 1070. The topological polar surface area (TPSA) is 66.1 Å². The van der Waals surface area contributed by atoms with Crippen LogP contribution in [0.2, 0.25) is 0 Å². The summed E-state index contributed by atoms with van der Waals surface area (Å²) >= 11 is 1.45. The number of alkyl halides is 2. The molecule has 0 fully saturated rings. The van der Waals surface area contributed by atoms with Crippen LogP contribution in [0, 0.1) is 28.1 Å². The van der Waals surface area contributed by atoms with Gasteiger partial charge in [0.25, 0.3) is 0 Å². The minimum atomic E-state index is -2.91. The minimum Gasteiger partial charge on any atom is -0.512 e. The number of aryl methyl sites for hydroxylation is 1. The second kappa shape index (κ2) is 17.4. The third-order valence-electron chi connectivity index (χ3n) is 7.79. The summed E-state index contributed by atoms with van der Waals surface area (Å²) in [6.45, 7) is 16.7. The van der Waals surface area contributed by atoms with E-state index in [1.165, 1.54) is 48.8 Å². The van der Waals surface area contributed by atoms with Crippen molar-refractivity contribution in [2.75, 3.05) is 0 Å². The molecule has 2 aromatic rings. The van der Waals surface area contributed by atoms with E-state index in [-0.39, 0.29) is 11.2 Å². The van der Waals surface area contributed by atoms with Gasteiger partial charge < -0.3 is 9.84 Å². The lowest BCUT2D eigenvalue weighted by atomic mass is 9.65. The van der Waals surface area contributed by atoms with E-state index >= 15 is 0 Å². The van der Waals surface area contributed by atoms with Gasteiger partial charge in [0.15, 0.2) is 0 Å². The van der Waals surface area contributed by atoms with Crippen LogP contribution in [0.1, 0.15) is 117 Å². The maximum absolute atomic E-state index is 12.5. The van der Waals surface area contributed by atoms with Gasteiger partial charge in [-0.1, -0.05) is 87.1 Å². The molecule has 0 aliphatic heterocycles. The van der Waals surface area contributed by atoms with Gasteiger partial charge in [0.1, 0.15) is 10.8 Å². The number of hydrogen-bond acceptors (Lipinski definition) is 5. The van der Waals surface area contributed by atoms with Crippen molar-refractivity contribution in [3.05, 3.63) is 47.2 Å². The van der Waals surface area contributed by atoms with Gasteiger partial charge in [-0.15, -0.1) is 11.3 Å². The lowest BCUT2D eigenvalue weighted by Crippen LogP contribution is -2.31. The summed E-state index contributed by atoms with van der Waals surface area (Å²) in [5.41, 5.74) is 1.06. The predicted octanol–water partition coefficient (Wildman–Crippen LogP) is 11.1. The molecule has 7 heteroatoms. The Morgan fingerprint density at radius 3 is 2.30 bits per heavy atom. The van der Waals surface area contributed by atoms with E-state index < -0.39 is 6.61 Å². The van der Waals surface area contributed by atoms with Crippen molar-refractivity contribution >= 4 is 11.3 Å². The molecule has 2 rings (SSSR count). The van der Waals surface area contributed by atoms with E-state index in [2.05, 4.69) is 64.8 Å². The third kappa shape index (κ3) is 11.2. The Morgan fingerprint density at radius 2 is 1.80 bits per heavy atom.